The smallest absolute Gasteiger partial charge is 0.151 e. The maximum Gasteiger partial charge on any atom is 0.151 e. The van der Waals surface area contributed by atoms with Crippen LogP contribution < -0.4 is 5.32 Å². The van der Waals surface area contributed by atoms with Gasteiger partial charge in [-0.2, -0.15) is 5.10 Å². The first-order valence-corrected chi connectivity index (χ1v) is 7.10. The number of nitrogens with zero attached hydrogens (tertiary/aromatic N) is 2. The zero-order valence-electron chi connectivity index (χ0n) is 12.1. The van der Waals surface area contributed by atoms with Gasteiger partial charge in [-0.1, -0.05) is 6.92 Å². The van der Waals surface area contributed by atoms with Gasteiger partial charge in [-0.15, -0.1) is 0 Å². The molecule has 1 aliphatic heterocycles. The van der Waals surface area contributed by atoms with Gasteiger partial charge < -0.3 is 10.2 Å². The first kappa shape index (κ1) is 13.4. The minimum Gasteiger partial charge on any atom is -0.366 e. The molecule has 0 unspecified atom stereocenters. The van der Waals surface area contributed by atoms with E-state index in [4.69, 9.17) is 0 Å². The Balaban J connectivity index is 1.94. The average Bonchev–Trinajstić information content (AvgIpc) is 2.71. The van der Waals surface area contributed by atoms with E-state index in [-0.39, 0.29) is 0 Å². The molecule has 4 heteroatoms. The van der Waals surface area contributed by atoms with Crippen LogP contribution >= 0.6 is 0 Å². The fraction of sp³-hybridized carbons (Fsp3) is 0.786. The molecule has 0 bridgehead atoms. The highest BCUT2D eigenvalue weighted by Crippen LogP contribution is 2.24. The second-order valence-electron chi connectivity index (χ2n) is 5.60. The normalized spacial score (nSPS) is 20.0. The lowest BCUT2D eigenvalue weighted by atomic mass is 9.90. The first-order chi connectivity index (χ1) is 8.61. The van der Waals surface area contributed by atoms with Crippen LogP contribution in [0.15, 0.2) is 0 Å². The minimum atomic E-state index is 0.505. The highest BCUT2D eigenvalue weighted by atomic mass is 15.2. The van der Waals surface area contributed by atoms with Crippen molar-refractivity contribution in [3.05, 3.63) is 11.3 Å². The Bertz CT molecular complexity index is 377. The Hall–Kier alpha value is -1.03. The molecular weight excluding hydrogens is 224 g/mol. The van der Waals surface area contributed by atoms with Gasteiger partial charge in [0.1, 0.15) is 0 Å². The molecule has 2 heterocycles. The van der Waals surface area contributed by atoms with E-state index < -0.39 is 0 Å². The van der Waals surface area contributed by atoms with E-state index in [1.54, 1.807) is 0 Å². The SMILES string of the molecule is CCc1[nH]nc(N[C@H](C)C2CCN(C)CC2)c1C. The fourth-order valence-electron chi connectivity index (χ4n) is 2.78. The van der Waals surface area contributed by atoms with Crippen LogP contribution in [-0.2, 0) is 6.42 Å². The molecule has 0 radical (unpaired) electrons. The van der Waals surface area contributed by atoms with E-state index in [0.717, 1.165) is 18.2 Å². The molecule has 1 aromatic rings. The van der Waals surface area contributed by atoms with Crippen LogP contribution in [0.1, 0.15) is 37.9 Å². The Morgan fingerprint density at radius 1 is 1.44 bits per heavy atom. The topological polar surface area (TPSA) is 44.0 Å². The lowest BCUT2D eigenvalue weighted by Crippen LogP contribution is -2.37. The Kier molecular flexibility index (Phi) is 4.27. The number of hydrogen-bond donors (Lipinski definition) is 2. The van der Waals surface area contributed by atoms with Crippen LogP contribution in [0.25, 0.3) is 0 Å². The number of nitrogens with one attached hydrogen (secondary N) is 2. The maximum atomic E-state index is 4.39. The third-order valence-corrected chi connectivity index (χ3v) is 4.30. The molecule has 1 saturated heterocycles. The molecule has 1 aliphatic rings. The lowest BCUT2D eigenvalue weighted by molar-refractivity contribution is 0.208. The number of aryl methyl sites for hydroxylation is 1. The van der Waals surface area contributed by atoms with E-state index >= 15 is 0 Å². The molecule has 4 nitrogen and oxygen atoms in total. The minimum absolute atomic E-state index is 0.505. The van der Waals surface area contributed by atoms with Crippen molar-refractivity contribution >= 4 is 5.82 Å². The van der Waals surface area contributed by atoms with Gasteiger partial charge in [0, 0.05) is 17.3 Å². The fourth-order valence-corrected chi connectivity index (χ4v) is 2.78. The number of piperidine rings is 1. The van der Waals surface area contributed by atoms with Gasteiger partial charge in [0.2, 0.25) is 0 Å². The van der Waals surface area contributed by atoms with Crippen LogP contribution in [0, 0.1) is 12.8 Å². The average molecular weight is 250 g/mol. The Morgan fingerprint density at radius 3 is 2.67 bits per heavy atom. The van der Waals surface area contributed by atoms with Gasteiger partial charge in [0.15, 0.2) is 5.82 Å². The molecule has 1 atom stereocenters. The van der Waals surface area contributed by atoms with Crippen molar-refractivity contribution in [3.8, 4) is 0 Å². The Labute approximate surface area is 110 Å². The van der Waals surface area contributed by atoms with E-state index in [1.807, 2.05) is 0 Å². The van der Waals surface area contributed by atoms with Crippen LogP contribution in [-0.4, -0.2) is 41.3 Å². The summed E-state index contributed by atoms with van der Waals surface area (Å²) < 4.78 is 0. The summed E-state index contributed by atoms with van der Waals surface area (Å²) in [5, 5.41) is 11.1. The second kappa shape index (κ2) is 5.74. The maximum absolute atomic E-state index is 4.39. The predicted molar refractivity (Wildman–Crippen MR) is 76.0 cm³/mol. The molecule has 2 N–H and O–H groups in total. The molecule has 0 aliphatic carbocycles. The van der Waals surface area contributed by atoms with E-state index in [0.29, 0.717) is 6.04 Å². The van der Waals surface area contributed by atoms with Gasteiger partial charge >= 0.3 is 0 Å². The number of aromatic nitrogens is 2. The summed E-state index contributed by atoms with van der Waals surface area (Å²) in [7, 11) is 2.21. The monoisotopic (exact) mass is 250 g/mol. The van der Waals surface area contributed by atoms with Crippen molar-refractivity contribution in [2.45, 2.75) is 46.1 Å². The summed E-state index contributed by atoms with van der Waals surface area (Å²) >= 11 is 0. The van der Waals surface area contributed by atoms with Crippen LogP contribution in [0.2, 0.25) is 0 Å². The van der Waals surface area contributed by atoms with E-state index in [9.17, 15) is 0 Å². The van der Waals surface area contributed by atoms with E-state index in [2.05, 4.69) is 48.2 Å². The standard InChI is InChI=1S/C14H26N4/c1-5-13-10(2)14(17-16-13)15-11(3)12-6-8-18(4)9-7-12/h11-12H,5-9H2,1-4H3,(H2,15,16,17)/t11-/m1/s1. The molecule has 0 amide bonds. The number of H-pyrrole nitrogens is 1. The molecule has 18 heavy (non-hydrogen) atoms. The number of hydrogen-bond acceptors (Lipinski definition) is 3. The summed E-state index contributed by atoms with van der Waals surface area (Å²) in [6.45, 7) is 9.03. The molecular formula is C14H26N4. The highest BCUT2D eigenvalue weighted by molar-refractivity contribution is 5.46. The molecule has 1 fully saturated rings. The van der Waals surface area contributed by atoms with Crippen LogP contribution in [0.5, 0.6) is 0 Å². The molecule has 102 valence electrons. The molecule has 0 saturated carbocycles. The number of anilines is 1. The molecule has 0 spiro atoms. The second-order valence-corrected chi connectivity index (χ2v) is 5.60. The zero-order valence-corrected chi connectivity index (χ0v) is 12.1. The zero-order chi connectivity index (χ0) is 13.1. The molecule has 0 aromatic carbocycles. The van der Waals surface area contributed by atoms with Crippen LogP contribution in [0.4, 0.5) is 5.82 Å². The Morgan fingerprint density at radius 2 is 2.11 bits per heavy atom. The number of aromatic amines is 1. The van der Waals surface area contributed by atoms with Crippen molar-refractivity contribution in [2.75, 3.05) is 25.5 Å². The third kappa shape index (κ3) is 2.86. The van der Waals surface area contributed by atoms with Crippen molar-refractivity contribution < 1.29 is 0 Å². The lowest BCUT2D eigenvalue weighted by Gasteiger charge is -2.33. The predicted octanol–water partition coefficient (Wildman–Crippen LogP) is 2.42. The van der Waals surface area contributed by atoms with Crippen molar-refractivity contribution in [1.82, 2.24) is 15.1 Å². The third-order valence-electron chi connectivity index (χ3n) is 4.30. The van der Waals surface area contributed by atoms with Crippen LogP contribution in [0.3, 0.4) is 0 Å². The van der Waals surface area contributed by atoms with Crippen molar-refractivity contribution in [1.29, 1.82) is 0 Å². The molecule has 2 rings (SSSR count). The summed E-state index contributed by atoms with van der Waals surface area (Å²) in [5.74, 6) is 1.81. The van der Waals surface area contributed by atoms with Gasteiger partial charge in [0.25, 0.3) is 0 Å². The largest absolute Gasteiger partial charge is 0.366 e. The van der Waals surface area contributed by atoms with Gasteiger partial charge in [-0.05, 0) is 59.2 Å². The summed E-state index contributed by atoms with van der Waals surface area (Å²) in [5.41, 5.74) is 2.52. The van der Waals surface area contributed by atoms with E-state index in [1.165, 1.54) is 37.2 Å². The summed E-state index contributed by atoms with van der Waals surface area (Å²) in [6.07, 6.45) is 3.59. The first-order valence-electron chi connectivity index (χ1n) is 7.10. The van der Waals surface area contributed by atoms with Crippen molar-refractivity contribution in [2.24, 2.45) is 5.92 Å². The quantitative estimate of drug-likeness (QED) is 0.862. The van der Waals surface area contributed by atoms with Gasteiger partial charge in [-0.3, -0.25) is 5.10 Å². The van der Waals surface area contributed by atoms with Gasteiger partial charge in [-0.25, -0.2) is 0 Å². The molecule has 1 aromatic heterocycles. The number of rotatable bonds is 4. The highest BCUT2D eigenvalue weighted by Gasteiger charge is 2.23. The van der Waals surface area contributed by atoms with Gasteiger partial charge in [0.05, 0.1) is 0 Å². The number of likely N-dealkylation sites (tertiary alicyclic amines) is 1. The summed E-state index contributed by atoms with van der Waals surface area (Å²) in [4.78, 5) is 2.41. The van der Waals surface area contributed by atoms with Crippen molar-refractivity contribution in [3.63, 3.8) is 0 Å². The summed E-state index contributed by atoms with van der Waals surface area (Å²) in [6, 6.07) is 0.505.